The SMILES string of the molecule is CCN(CC(C)(C)O)c1nccc(C)c1[N+](=O)[O-]. The highest BCUT2D eigenvalue weighted by atomic mass is 16.6. The summed E-state index contributed by atoms with van der Waals surface area (Å²) in [4.78, 5) is 16.5. The van der Waals surface area contributed by atoms with E-state index in [1.807, 2.05) is 6.92 Å². The molecule has 100 valence electrons. The lowest BCUT2D eigenvalue weighted by Crippen LogP contribution is -2.39. The van der Waals surface area contributed by atoms with Crippen molar-refractivity contribution < 1.29 is 10.0 Å². The van der Waals surface area contributed by atoms with Gasteiger partial charge in [-0.05, 0) is 33.8 Å². The first-order valence-electron chi connectivity index (χ1n) is 5.83. The van der Waals surface area contributed by atoms with E-state index in [9.17, 15) is 15.2 Å². The van der Waals surface area contributed by atoms with Crippen molar-refractivity contribution in [2.75, 3.05) is 18.0 Å². The van der Waals surface area contributed by atoms with Crippen LogP contribution in [0.4, 0.5) is 11.5 Å². The zero-order valence-corrected chi connectivity index (χ0v) is 11.2. The zero-order chi connectivity index (χ0) is 13.9. The summed E-state index contributed by atoms with van der Waals surface area (Å²) in [5.74, 6) is 0.310. The van der Waals surface area contributed by atoms with Crippen LogP contribution in [0.3, 0.4) is 0 Å². The predicted octanol–water partition coefficient (Wildman–Crippen LogP) is 1.90. The average Bonchev–Trinajstić information content (AvgIpc) is 2.23. The summed E-state index contributed by atoms with van der Waals surface area (Å²) in [5.41, 5.74) is -0.363. The topological polar surface area (TPSA) is 79.5 Å². The number of aliphatic hydroxyl groups is 1. The Hall–Kier alpha value is -1.69. The van der Waals surface area contributed by atoms with E-state index >= 15 is 0 Å². The summed E-state index contributed by atoms with van der Waals surface area (Å²) in [7, 11) is 0. The van der Waals surface area contributed by atoms with Crippen molar-refractivity contribution in [1.29, 1.82) is 0 Å². The third-order valence-electron chi connectivity index (χ3n) is 2.55. The van der Waals surface area contributed by atoms with Crippen LogP contribution in [0.25, 0.3) is 0 Å². The predicted molar refractivity (Wildman–Crippen MR) is 69.8 cm³/mol. The minimum Gasteiger partial charge on any atom is -0.389 e. The molecular formula is C12H19N3O3. The lowest BCUT2D eigenvalue weighted by molar-refractivity contribution is -0.384. The van der Waals surface area contributed by atoms with E-state index < -0.39 is 10.5 Å². The van der Waals surface area contributed by atoms with Gasteiger partial charge >= 0.3 is 5.69 Å². The van der Waals surface area contributed by atoms with Crippen molar-refractivity contribution in [2.45, 2.75) is 33.3 Å². The molecule has 1 aromatic heterocycles. The molecule has 18 heavy (non-hydrogen) atoms. The van der Waals surface area contributed by atoms with Crippen LogP contribution in [0.1, 0.15) is 26.3 Å². The molecule has 0 saturated heterocycles. The normalized spacial score (nSPS) is 11.4. The average molecular weight is 253 g/mol. The Morgan fingerprint density at radius 3 is 2.61 bits per heavy atom. The van der Waals surface area contributed by atoms with Gasteiger partial charge in [-0.2, -0.15) is 0 Å². The first-order valence-corrected chi connectivity index (χ1v) is 5.83. The Bertz CT molecular complexity index is 441. The molecule has 6 heteroatoms. The summed E-state index contributed by atoms with van der Waals surface area (Å²) in [5, 5.41) is 20.9. The lowest BCUT2D eigenvalue weighted by atomic mass is 10.1. The minimum atomic E-state index is -0.935. The number of hydrogen-bond donors (Lipinski definition) is 1. The molecule has 0 saturated carbocycles. The van der Waals surface area contributed by atoms with Gasteiger partial charge in [-0.3, -0.25) is 10.1 Å². The Balaban J connectivity index is 3.21. The summed E-state index contributed by atoms with van der Waals surface area (Å²) >= 11 is 0. The van der Waals surface area contributed by atoms with Crippen molar-refractivity contribution in [3.8, 4) is 0 Å². The van der Waals surface area contributed by atoms with Gasteiger partial charge in [0.05, 0.1) is 10.5 Å². The van der Waals surface area contributed by atoms with Crippen molar-refractivity contribution >= 4 is 11.5 Å². The fraction of sp³-hybridized carbons (Fsp3) is 0.583. The van der Waals surface area contributed by atoms with Gasteiger partial charge in [-0.1, -0.05) is 0 Å². The third-order valence-corrected chi connectivity index (χ3v) is 2.55. The molecular weight excluding hydrogens is 234 g/mol. The maximum Gasteiger partial charge on any atom is 0.314 e. The van der Waals surface area contributed by atoms with E-state index in [-0.39, 0.29) is 5.69 Å². The van der Waals surface area contributed by atoms with Crippen molar-refractivity contribution in [3.05, 3.63) is 27.9 Å². The molecule has 6 nitrogen and oxygen atoms in total. The fourth-order valence-corrected chi connectivity index (χ4v) is 1.80. The van der Waals surface area contributed by atoms with Gasteiger partial charge in [0.1, 0.15) is 0 Å². The molecule has 0 spiro atoms. The second-order valence-electron chi connectivity index (χ2n) is 4.88. The maximum absolute atomic E-state index is 11.1. The quantitative estimate of drug-likeness (QED) is 0.640. The van der Waals surface area contributed by atoms with Crippen LogP contribution >= 0.6 is 0 Å². The molecule has 0 atom stereocenters. The van der Waals surface area contributed by atoms with Gasteiger partial charge in [-0.25, -0.2) is 4.98 Å². The second-order valence-corrected chi connectivity index (χ2v) is 4.88. The van der Waals surface area contributed by atoms with Crippen LogP contribution in [0, 0.1) is 17.0 Å². The van der Waals surface area contributed by atoms with E-state index in [4.69, 9.17) is 0 Å². The highest BCUT2D eigenvalue weighted by molar-refractivity contribution is 5.61. The molecule has 0 bridgehead atoms. The van der Waals surface area contributed by atoms with Crippen molar-refractivity contribution in [2.24, 2.45) is 0 Å². The minimum absolute atomic E-state index is 0.00333. The molecule has 0 amide bonds. The lowest BCUT2D eigenvalue weighted by Gasteiger charge is -2.28. The van der Waals surface area contributed by atoms with Gasteiger partial charge in [0, 0.05) is 24.8 Å². The van der Waals surface area contributed by atoms with E-state index in [1.54, 1.807) is 37.9 Å². The molecule has 1 heterocycles. The molecule has 0 unspecified atom stereocenters. The van der Waals surface area contributed by atoms with Gasteiger partial charge in [0.15, 0.2) is 0 Å². The molecule has 0 radical (unpaired) electrons. The van der Waals surface area contributed by atoms with Crippen LogP contribution < -0.4 is 4.90 Å². The molecule has 0 aromatic carbocycles. The Morgan fingerprint density at radius 2 is 2.17 bits per heavy atom. The number of anilines is 1. The fourth-order valence-electron chi connectivity index (χ4n) is 1.80. The van der Waals surface area contributed by atoms with Crippen LogP contribution in [0.2, 0.25) is 0 Å². The van der Waals surface area contributed by atoms with Crippen LogP contribution in [-0.2, 0) is 0 Å². The van der Waals surface area contributed by atoms with Crippen LogP contribution in [0.15, 0.2) is 12.3 Å². The molecule has 0 fully saturated rings. The monoisotopic (exact) mass is 253 g/mol. The van der Waals surface area contributed by atoms with Crippen LogP contribution in [0.5, 0.6) is 0 Å². The molecule has 1 aromatic rings. The van der Waals surface area contributed by atoms with E-state index in [0.29, 0.717) is 24.5 Å². The summed E-state index contributed by atoms with van der Waals surface area (Å²) in [6, 6.07) is 1.61. The highest BCUT2D eigenvalue weighted by Crippen LogP contribution is 2.29. The second kappa shape index (κ2) is 5.30. The van der Waals surface area contributed by atoms with Crippen molar-refractivity contribution in [3.63, 3.8) is 0 Å². The number of likely N-dealkylation sites (N-methyl/N-ethyl adjacent to an activating group) is 1. The Morgan fingerprint density at radius 1 is 1.56 bits per heavy atom. The summed E-state index contributed by atoms with van der Waals surface area (Å²) in [6.45, 7) is 7.72. The Labute approximate surface area is 106 Å². The van der Waals surface area contributed by atoms with Gasteiger partial charge in [0.25, 0.3) is 0 Å². The number of pyridine rings is 1. The first kappa shape index (κ1) is 14.4. The third kappa shape index (κ3) is 3.40. The molecule has 0 aliphatic heterocycles. The van der Waals surface area contributed by atoms with Crippen molar-refractivity contribution in [1.82, 2.24) is 4.98 Å². The smallest absolute Gasteiger partial charge is 0.314 e. The molecule has 0 aliphatic carbocycles. The number of nitro groups is 1. The Kier molecular flexibility index (Phi) is 4.24. The summed E-state index contributed by atoms with van der Waals surface area (Å²) in [6.07, 6.45) is 1.55. The van der Waals surface area contributed by atoms with E-state index in [1.165, 1.54) is 0 Å². The summed E-state index contributed by atoms with van der Waals surface area (Å²) < 4.78 is 0. The van der Waals surface area contributed by atoms with Crippen LogP contribution in [-0.4, -0.2) is 33.7 Å². The van der Waals surface area contributed by atoms with Gasteiger partial charge < -0.3 is 10.0 Å². The van der Waals surface area contributed by atoms with E-state index in [2.05, 4.69) is 4.98 Å². The zero-order valence-electron chi connectivity index (χ0n) is 11.2. The maximum atomic E-state index is 11.1. The van der Waals surface area contributed by atoms with Gasteiger partial charge in [-0.15, -0.1) is 0 Å². The molecule has 0 aliphatic rings. The highest BCUT2D eigenvalue weighted by Gasteiger charge is 2.26. The number of rotatable bonds is 5. The standard InChI is InChI=1S/C12H19N3O3/c1-5-14(8-12(3,4)16)11-10(15(17)18)9(2)6-7-13-11/h6-7,16H,5,8H2,1-4H3. The molecule has 1 N–H and O–H groups in total. The number of aryl methyl sites for hydroxylation is 1. The van der Waals surface area contributed by atoms with Gasteiger partial charge in [0.2, 0.25) is 5.82 Å². The largest absolute Gasteiger partial charge is 0.389 e. The first-order chi connectivity index (χ1) is 8.26. The number of aromatic nitrogens is 1. The molecule has 1 rings (SSSR count). The number of nitrogens with zero attached hydrogens (tertiary/aromatic N) is 3. The number of hydrogen-bond acceptors (Lipinski definition) is 5. The van der Waals surface area contributed by atoms with E-state index in [0.717, 1.165) is 0 Å².